The molecule has 108 valence electrons. The van der Waals surface area contributed by atoms with Gasteiger partial charge in [-0.1, -0.05) is 29.7 Å². The van der Waals surface area contributed by atoms with Gasteiger partial charge in [-0.2, -0.15) is 0 Å². The van der Waals surface area contributed by atoms with Gasteiger partial charge in [0.1, 0.15) is 6.04 Å². The lowest BCUT2D eigenvalue weighted by Crippen LogP contribution is -2.45. The predicted octanol–water partition coefficient (Wildman–Crippen LogP) is 2.28. The Hall–Kier alpha value is -0.970. The summed E-state index contributed by atoms with van der Waals surface area (Å²) < 4.78 is 5.27. The molecule has 20 heavy (non-hydrogen) atoms. The molecule has 6 heteroatoms. The monoisotopic (exact) mass is 405 g/mol. The van der Waals surface area contributed by atoms with E-state index in [9.17, 15) is 0 Å². The van der Waals surface area contributed by atoms with Crippen molar-refractivity contribution in [3.05, 3.63) is 34.9 Å². The smallest absolute Gasteiger partial charge is 0.193 e. The molecule has 0 spiro atoms. The zero-order valence-electron chi connectivity index (χ0n) is 11.0. The largest absolute Gasteiger partial charge is 0.378 e. The van der Waals surface area contributed by atoms with Crippen LogP contribution < -0.4 is 5.73 Å². The third kappa shape index (κ3) is 4.54. The fraction of sp³-hybridized carbons (Fsp3) is 0.357. The van der Waals surface area contributed by atoms with Crippen LogP contribution in [-0.2, 0) is 4.74 Å². The third-order valence-corrected chi connectivity index (χ3v) is 3.19. The fourth-order valence-corrected chi connectivity index (χ4v) is 1.99. The Morgan fingerprint density at radius 2 is 1.95 bits per heavy atom. The SMILES string of the molecule is C#CC(N=C(N)N1CCOCC1)c1ccc(Cl)cc1.I. The summed E-state index contributed by atoms with van der Waals surface area (Å²) in [6.07, 6.45) is 5.53. The average molecular weight is 406 g/mol. The van der Waals surface area contributed by atoms with E-state index in [1.165, 1.54) is 0 Å². The first-order valence-electron chi connectivity index (χ1n) is 6.08. The van der Waals surface area contributed by atoms with Gasteiger partial charge in [0, 0.05) is 18.1 Å². The number of nitrogens with two attached hydrogens (primary N) is 1. The molecule has 2 N–H and O–H groups in total. The molecule has 0 radical (unpaired) electrons. The first kappa shape index (κ1) is 17.1. The number of ether oxygens (including phenoxy) is 1. The van der Waals surface area contributed by atoms with Crippen LogP contribution in [-0.4, -0.2) is 37.2 Å². The van der Waals surface area contributed by atoms with Gasteiger partial charge in [-0.25, -0.2) is 4.99 Å². The van der Waals surface area contributed by atoms with Crippen LogP contribution in [0.25, 0.3) is 0 Å². The van der Waals surface area contributed by atoms with E-state index in [-0.39, 0.29) is 30.0 Å². The van der Waals surface area contributed by atoms with E-state index in [0.29, 0.717) is 24.2 Å². The number of guanidine groups is 1. The summed E-state index contributed by atoms with van der Waals surface area (Å²) in [5.74, 6) is 3.10. The van der Waals surface area contributed by atoms with Crippen molar-refractivity contribution >= 4 is 41.5 Å². The Kier molecular flexibility index (Phi) is 7.13. The Balaban J connectivity index is 0.00000200. The zero-order valence-corrected chi connectivity index (χ0v) is 14.0. The molecule has 4 nitrogen and oxygen atoms in total. The second kappa shape index (κ2) is 8.35. The Morgan fingerprint density at radius 1 is 1.35 bits per heavy atom. The maximum Gasteiger partial charge on any atom is 0.193 e. The predicted molar refractivity (Wildman–Crippen MR) is 92.5 cm³/mol. The molecule has 1 atom stereocenters. The summed E-state index contributed by atoms with van der Waals surface area (Å²) in [6, 6.07) is 6.93. The fourth-order valence-electron chi connectivity index (χ4n) is 1.86. The average Bonchev–Trinajstić information content (AvgIpc) is 2.46. The van der Waals surface area contributed by atoms with Gasteiger partial charge in [0.15, 0.2) is 5.96 Å². The molecule has 1 saturated heterocycles. The summed E-state index contributed by atoms with van der Waals surface area (Å²) in [7, 11) is 0. The van der Waals surface area contributed by atoms with Crippen LogP contribution in [0.15, 0.2) is 29.3 Å². The molecule has 0 saturated carbocycles. The van der Waals surface area contributed by atoms with Crippen molar-refractivity contribution < 1.29 is 4.74 Å². The van der Waals surface area contributed by atoms with E-state index in [2.05, 4.69) is 10.9 Å². The number of nitrogens with zero attached hydrogens (tertiary/aromatic N) is 2. The van der Waals surface area contributed by atoms with Gasteiger partial charge in [0.05, 0.1) is 13.2 Å². The lowest BCUT2D eigenvalue weighted by Gasteiger charge is -2.28. The second-order valence-electron chi connectivity index (χ2n) is 4.21. The maximum absolute atomic E-state index is 5.99. The molecule has 0 amide bonds. The minimum atomic E-state index is -0.389. The number of terminal acetylenes is 1. The molecule has 1 aromatic rings. The van der Waals surface area contributed by atoms with Crippen LogP contribution in [0.5, 0.6) is 0 Å². The Morgan fingerprint density at radius 3 is 2.50 bits per heavy atom. The van der Waals surface area contributed by atoms with Crippen LogP contribution in [0.1, 0.15) is 11.6 Å². The second-order valence-corrected chi connectivity index (χ2v) is 4.64. The normalized spacial score (nSPS) is 17.0. The molecular weight excluding hydrogens is 389 g/mol. The van der Waals surface area contributed by atoms with Crippen molar-refractivity contribution in [2.45, 2.75) is 6.04 Å². The van der Waals surface area contributed by atoms with Gasteiger partial charge < -0.3 is 15.4 Å². The first-order valence-corrected chi connectivity index (χ1v) is 6.46. The van der Waals surface area contributed by atoms with E-state index < -0.39 is 0 Å². The molecule has 0 aromatic heterocycles. The van der Waals surface area contributed by atoms with Crippen LogP contribution in [0, 0.1) is 12.3 Å². The third-order valence-electron chi connectivity index (χ3n) is 2.94. The highest BCUT2D eigenvalue weighted by Crippen LogP contribution is 2.19. The van der Waals surface area contributed by atoms with Gasteiger partial charge in [0.25, 0.3) is 0 Å². The van der Waals surface area contributed by atoms with Crippen LogP contribution >= 0.6 is 35.6 Å². The van der Waals surface area contributed by atoms with E-state index in [4.69, 9.17) is 28.5 Å². The summed E-state index contributed by atoms with van der Waals surface area (Å²) in [4.78, 5) is 6.38. The zero-order chi connectivity index (χ0) is 13.7. The topological polar surface area (TPSA) is 50.8 Å². The number of aliphatic imine (C=N–C) groups is 1. The molecule has 1 fully saturated rings. The summed E-state index contributed by atoms with van der Waals surface area (Å²) in [5, 5.41) is 0.671. The molecule has 0 aliphatic carbocycles. The van der Waals surface area contributed by atoms with Crippen molar-refractivity contribution in [3.8, 4) is 12.3 Å². The molecule has 1 aliphatic heterocycles. The van der Waals surface area contributed by atoms with E-state index >= 15 is 0 Å². The number of hydrogen-bond acceptors (Lipinski definition) is 2. The highest BCUT2D eigenvalue weighted by Gasteiger charge is 2.14. The number of morpholine rings is 1. The molecular formula is C14H17ClIN3O. The van der Waals surface area contributed by atoms with E-state index in [1.54, 1.807) is 12.1 Å². The van der Waals surface area contributed by atoms with Gasteiger partial charge >= 0.3 is 0 Å². The molecule has 2 rings (SSSR count). The van der Waals surface area contributed by atoms with Crippen LogP contribution in [0.3, 0.4) is 0 Å². The summed E-state index contributed by atoms with van der Waals surface area (Å²) in [5.41, 5.74) is 6.90. The lowest BCUT2D eigenvalue weighted by atomic mass is 10.1. The first-order chi connectivity index (χ1) is 9.20. The number of benzene rings is 1. The lowest BCUT2D eigenvalue weighted by molar-refractivity contribution is 0.0673. The molecule has 1 heterocycles. The van der Waals surface area contributed by atoms with Crippen molar-refractivity contribution in [2.75, 3.05) is 26.3 Å². The van der Waals surface area contributed by atoms with E-state index in [0.717, 1.165) is 18.7 Å². The minimum Gasteiger partial charge on any atom is -0.378 e. The summed E-state index contributed by atoms with van der Waals surface area (Å²) >= 11 is 5.85. The number of halogens is 2. The van der Waals surface area contributed by atoms with Crippen molar-refractivity contribution in [3.63, 3.8) is 0 Å². The Bertz CT molecular complexity index is 492. The standard InChI is InChI=1S/C14H16ClN3O.HI/c1-2-13(11-3-5-12(15)6-4-11)17-14(16)18-7-9-19-10-8-18;/h1,3-6,13H,7-10H2,(H2,16,17);1H. The van der Waals surface area contributed by atoms with Gasteiger partial charge in [-0.05, 0) is 17.7 Å². The van der Waals surface area contributed by atoms with Gasteiger partial charge in [-0.15, -0.1) is 30.4 Å². The quantitative estimate of drug-likeness (QED) is 0.355. The Labute approximate surface area is 141 Å². The highest BCUT2D eigenvalue weighted by molar-refractivity contribution is 14.0. The van der Waals surface area contributed by atoms with Crippen LogP contribution in [0.4, 0.5) is 0 Å². The summed E-state index contributed by atoms with van der Waals surface area (Å²) in [6.45, 7) is 2.82. The van der Waals surface area contributed by atoms with Crippen molar-refractivity contribution in [2.24, 2.45) is 10.7 Å². The molecule has 1 unspecified atom stereocenters. The van der Waals surface area contributed by atoms with Crippen LogP contribution in [0.2, 0.25) is 5.02 Å². The van der Waals surface area contributed by atoms with Crippen molar-refractivity contribution in [1.29, 1.82) is 0 Å². The number of rotatable bonds is 2. The number of hydrogen-bond donors (Lipinski definition) is 1. The van der Waals surface area contributed by atoms with Crippen molar-refractivity contribution in [1.82, 2.24) is 4.90 Å². The maximum atomic E-state index is 5.99. The van der Waals surface area contributed by atoms with Gasteiger partial charge in [-0.3, -0.25) is 0 Å². The minimum absolute atomic E-state index is 0. The molecule has 0 bridgehead atoms. The van der Waals surface area contributed by atoms with Gasteiger partial charge in [0.2, 0.25) is 0 Å². The highest BCUT2D eigenvalue weighted by atomic mass is 127. The van der Waals surface area contributed by atoms with E-state index in [1.807, 2.05) is 17.0 Å². The molecule has 1 aromatic carbocycles. The molecule has 1 aliphatic rings.